The highest BCUT2D eigenvalue weighted by atomic mass is 19.4. The topological polar surface area (TPSA) is 110 Å². The highest BCUT2D eigenvalue weighted by Crippen LogP contribution is 2.38. The van der Waals surface area contributed by atoms with Crippen LogP contribution in [0.3, 0.4) is 0 Å². The lowest BCUT2D eigenvalue weighted by Gasteiger charge is -2.23. The quantitative estimate of drug-likeness (QED) is 0.209. The number of pyridine rings is 1. The highest BCUT2D eigenvalue weighted by molar-refractivity contribution is 6.01. The van der Waals surface area contributed by atoms with Crippen LogP contribution in [0.1, 0.15) is 36.7 Å². The minimum atomic E-state index is -4.83. The number of carbonyl (C=O) groups is 2. The third kappa shape index (κ3) is 7.75. The number of carboxylic acids is 1. The summed E-state index contributed by atoms with van der Waals surface area (Å²) in [6, 6.07) is 17.9. The van der Waals surface area contributed by atoms with Crippen LogP contribution in [0.15, 0.2) is 85.2 Å². The van der Waals surface area contributed by atoms with E-state index in [1.54, 1.807) is 18.2 Å². The number of carbonyl (C=O) groups excluding carboxylic acids is 1. The number of anilines is 2. The van der Waals surface area contributed by atoms with E-state index in [4.69, 9.17) is 4.74 Å². The first-order valence-electron chi connectivity index (χ1n) is 12.3. The molecule has 3 N–H and O–H groups in total. The lowest BCUT2D eigenvalue weighted by molar-refractivity contribution is -0.274. The number of alkyl halides is 3. The van der Waals surface area contributed by atoms with Crippen molar-refractivity contribution in [2.45, 2.75) is 32.5 Å². The monoisotopic (exact) mass is 565 g/mol. The predicted molar refractivity (Wildman–Crippen MR) is 148 cm³/mol. The summed E-state index contributed by atoms with van der Waals surface area (Å²) in [5, 5.41) is 14.6. The van der Waals surface area contributed by atoms with Crippen LogP contribution >= 0.6 is 0 Å². The molecule has 41 heavy (non-hydrogen) atoms. The van der Waals surface area contributed by atoms with Gasteiger partial charge in [0.05, 0.1) is 11.3 Å². The minimum absolute atomic E-state index is 0.00728. The van der Waals surface area contributed by atoms with Gasteiger partial charge in [0.2, 0.25) is 0 Å². The van der Waals surface area contributed by atoms with Crippen LogP contribution in [-0.4, -0.2) is 28.5 Å². The first kappa shape index (κ1) is 28.9. The summed E-state index contributed by atoms with van der Waals surface area (Å²) in [5.74, 6) is -0.688. The van der Waals surface area contributed by atoms with E-state index in [-0.39, 0.29) is 22.4 Å². The molecule has 11 heteroatoms. The van der Waals surface area contributed by atoms with E-state index in [0.29, 0.717) is 22.6 Å². The number of carboxylic acid groups (broad SMARTS) is 1. The molecule has 0 aliphatic carbocycles. The second-order valence-corrected chi connectivity index (χ2v) is 9.98. The molecule has 212 valence electrons. The van der Waals surface area contributed by atoms with Gasteiger partial charge in [-0.05, 0) is 59.5 Å². The summed E-state index contributed by atoms with van der Waals surface area (Å²) in [4.78, 5) is 28.4. The van der Waals surface area contributed by atoms with Crippen LogP contribution in [0, 0.1) is 0 Å². The molecule has 0 saturated heterocycles. The number of hydrogen-bond acceptors (Lipinski definition) is 5. The Bertz CT molecular complexity index is 1570. The number of nitrogens with zero attached hydrogens (tertiary/aromatic N) is 1. The van der Waals surface area contributed by atoms with Crippen molar-refractivity contribution in [2.24, 2.45) is 0 Å². The van der Waals surface area contributed by atoms with E-state index in [1.165, 1.54) is 30.6 Å². The van der Waals surface area contributed by atoms with Crippen LogP contribution in [0.4, 0.5) is 29.3 Å². The molecule has 0 aliphatic heterocycles. The van der Waals surface area contributed by atoms with Crippen molar-refractivity contribution < 1.29 is 37.3 Å². The average Bonchev–Trinajstić information content (AvgIpc) is 2.90. The first-order chi connectivity index (χ1) is 19.3. The maximum absolute atomic E-state index is 12.9. The third-order valence-electron chi connectivity index (χ3n) is 5.81. The summed E-state index contributed by atoms with van der Waals surface area (Å²) in [6.45, 7) is 6.12. The van der Waals surface area contributed by atoms with Gasteiger partial charge in [0.1, 0.15) is 11.5 Å². The molecule has 2 amide bonds. The first-order valence-corrected chi connectivity index (χ1v) is 12.3. The molecule has 0 saturated carbocycles. The molecular weight excluding hydrogens is 539 g/mol. The number of rotatable bonds is 7. The van der Waals surface area contributed by atoms with Gasteiger partial charge in [-0.1, -0.05) is 45.0 Å². The van der Waals surface area contributed by atoms with Gasteiger partial charge >= 0.3 is 18.4 Å². The largest absolute Gasteiger partial charge is 0.573 e. The second kappa shape index (κ2) is 11.6. The number of para-hydroxylation sites is 1. The number of amides is 2. The van der Waals surface area contributed by atoms with Crippen molar-refractivity contribution in [3.63, 3.8) is 0 Å². The van der Waals surface area contributed by atoms with Crippen LogP contribution in [0.5, 0.6) is 17.2 Å². The lowest BCUT2D eigenvalue weighted by atomic mass is 9.86. The van der Waals surface area contributed by atoms with E-state index in [2.05, 4.69) is 20.4 Å². The molecule has 3 aromatic carbocycles. The second-order valence-electron chi connectivity index (χ2n) is 9.98. The van der Waals surface area contributed by atoms with Gasteiger partial charge in [-0.3, -0.25) is 4.98 Å². The molecule has 0 atom stereocenters. The fourth-order valence-corrected chi connectivity index (χ4v) is 3.93. The average molecular weight is 566 g/mol. The molecule has 8 nitrogen and oxygen atoms in total. The molecular formula is C30H26F3N3O5. The number of halogens is 3. The molecule has 0 fully saturated rings. The fraction of sp³-hybridized carbons (Fsp3) is 0.167. The maximum atomic E-state index is 12.9. The Morgan fingerprint density at radius 3 is 2.20 bits per heavy atom. The molecule has 0 unspecified atom stereocenters. The van der Waals surface area contributed by atoms with Crippen molar-refractivity contribution >= 4 is 23.4 Å². The number of ether oxygens (including phenoxy) is 2. The third-order valence-corrected chi connectivity index (χ3v) is 5.81. The van der Waals surface area contributed by atoms with Crippen molar-refractivity contribution in [2.75, 3.05) is 10.6 Å². The Hall–Kier alpha value is -5.06. The highest BCUT2D eigenvalue weighted by Gasteiger charge is 2.31. The fourth-order valence-electron chi connectivity index (χ4n) is 3.93. The predicted octanol–water partition coefficient (Wildman–Crippen LogP) is 8.08. The number of hydrogen-bond donors (Lipinski definition) is 3. The Balaban J connectivity index is 1.65. The molecule has 1 heterocycles. The maximum Gasteiger partial charge on any atom is 0.573 e. The molecule has 0 aliphatic rings. The summed E-state index contributed by atoms with van der Waals surface area (Å²) < 4.78 is 47.5. The van der Waals surface area contributed by atoms with Gasteiger partial charge in [-0.15, -0.1) is 13.2 Å². The van der Waals surface area contributed by atoms with Crippen molar-refractivity contribution in [3.05, 3.63) is 96.3 Å². The van der Waals surface area contributed by atoms with E-state index in [9.17, 15) is 27.9 Å². The number of benzene rings is 3. The van der Waals surface area contributed by atoms with E-state index < -0.39 is 24.1 Å². The Kier molecular flexibility index (Phi) is 8.18. The van der Waals surface area contributed by atoms with Crippen molar-refractivity contribution in [1.82, 2.24) is 4.98 Å². The van der Waals surface area contributed by atoms with Crippen molar-refractivity contribution in [3.8, 4) is 28.4 Å². The summed E-state index contributed by atoms with van der Waals surface area (Å²) in [7, 11) is 0. The number of urea groups is 1. The van der Waals surface area contributed by atoms with Crippen molar-refractivity contribution in [1.29, 1.82) is 0 Å². The molecule has 0 bridgehead atoms. The van der Waals surface area contributed by atoms with Crippen LogP contribution in [0.2, 0.25) is 0 Å². The Morgan fingerprint density at radius 1 is 0.829 bits per heavy atom. The van der Waals surface area contributed by atoms with Crippen LogP contribution in [0.25, 0.3) is 11.1 Å². The lowest BCUT2D eigenvalue weighted by Crippen LogP contribution is -2.20. The van der Waals surface area contributed by atoms with Gasteiger partial charge in [0, 0.05) is 29.2 Å². The Labute approximate surface area is 233 Å². The molecule has 0 radical (unpaired) electrons. The summed E-state index contributed by atoms with van der Waals surface area (Å²) >= 11 is 0. The normalized spacial score (nSPS) is 11.5. The number of aromatic carboxylic acids is 1. The minimum Gasteiger partial charge on any atom is -0.478 e. The zero-order chi connectivity index (χ0) is 29.8. The standard InChI is InChI=1S/C30H26F3N3O5/c1-29(2,3)23-6-4-5-7-25(23)40-26-13-8-18(19-14-20(27(37)38)17-34-16-19)15-24(26)36-28(39)35-21-9-11-22(12-10-21)41-30(31,32)33/h4-17H,1-3H3,(H,37,38)(H2,35,36,39). The molecule has 4 aromatic rings. The van der Waals surface area contributed by atoms with Gasteiger partial charge in [0.25, 0.3) is 0 Å². The zero-order valence-electron chi connectivity index (χ0n) is 22.2. The number of aromatic nitrogens is 1. The van der Waals surface area contributed by atoms with E-state index >= 15 is 0 Å². The van der Waals surface area contributed by atoms with Gasteiger partial charge in [-0.2, -0.15) is 0 Å². The van der Waals surface area contributed by atoms with Gasteiger partial charge < -0.3 is 25.2 Å². The summed E-state index contributed by atoms with van der Waals surface area (Å²) in [6.07, 6.45) is -2.12. The Morgan fingerprint density at radius 2 is 1.54 bits per heavy atom. The van der Waals surface area contributed by atoms with E-state index in [0.717, 1.165) is 17.7 Å². The summed E-state index contributed by atoms with van der Waals surface area (Å²) in [5.41, 5.74) is 2.20. The van der Waals surface area contributed by atoms with Gasteiger partial charge in [-0.25, -0.2) is 9.59 Å². The van der Waals surface area contributed by atoms with E-state index in [1.807, 2.05) is 45.0 Å². The molecule has 1 aromatic heterocycles. The zero-order valence-corrected chi connectivity index (χ0v) is 22.2. The number of nitrogens with one attached hydrogen (secondary N) is 2. The van der Waals surface area contributed by atoms with Crippen LogP contribution < -0.4 is 20.1 Å². The molecule has 0 spiro atoms. The smallest absolute Gasteiger partial charge is 0.478 e. The molecule has 4 rings (SSSR count). The SMILES string of the molecule is CC(C)(C)c1ccccc1Oc1ccc(-c2cncc(C(=O)O)c2)cc1NC(=O)Nc1ccc(OC(F)(F)F)cc1. The van der Waals surface area contributed by atoms with Gasteiger partial charge in [0.15, 0.2) is 5.75 Å². The van der Waals surface area contributed by atoms with Crippen LogP contribution in [-0.2, 0) is 5.41 Å².